The van der Waals surface area contributed by atoms with Gasteiger partial charge >= 0.3 is 6.16 Å². The summed E-state index contributed by atoms with van der Waals surface area (Å²) in [4.78, 5) is 23.6. The highest BCUT2D eigenvalue weighted by atomic mass is 16.7. The largest absolute Gasteiger partial charge is 0.514 e. The Balaban J connectivity index is 1.67. The molecule has 0 fully saturated rings. The summed E-state index contributed by atoms with van der Waals surface area (Å²) in [5.41, 5.74) is 5.67. The van der Waals surface area contributed by atoms with Crippen LogP contribution in [0.3, 0.4) is 0 Å². The van der Waals surface area contributed by atoms with E-state index >= 15 is 0 Å². The van der Waals surface area contributed by atoms with Gasteiger partial charge in [0.25, 0.3) is 0 Å². The molecule has 7 nitrogen and oxygen atoms in total. The smallest absolute Gasteiger partial charge is 0.494 e. The van der Waals surface area contributed by atoms with Crippen molar-refractivity contribution < 1.29 is 19.0 Å². The Labute approximate surface area is 186 Å². The molecule has 1 aliphatic heterocycles. The van der Waals surface area contributed by atoms with Crippen molar-refractivity contribution in [3.05, 3.63) is 70.5 Å². The Kier molecular flexibility index (Phi) is 5.42. The summed E-state index contributed by atoms with van der Waals surface area (Å²) < 4.78 is 16.3. The second kappa shape index (κ2) is 8.07. The van der Waals surface area contributed by atoms with Gasteiger partial charge in [0.2, 0.25) is 0 Å². The van der Waals surface area contributed by atoms with Crippen LogP contribution in [-0.2, 0) is 9.47 Å². The summed E-state index contributed by atoms with van der Waals surface area (Å²) in [7, 11) is 1.63. The highest BCUT2D eigenvalue weighted by Crippen LogP contribution is 2.31. The number of allylic oxidation sites excluding steroid dienone is 1. The Bertz CT molecular complexity index is 1280. The molecule has 4 rings (SSSR count). The van der Waals surface area contributed by atoms with E-state index < -0.39 is 11.8 Å². The summed E-state index contributed by atoms with van der Waals surface area (Å²) in [6.45, 7) is 9.45. The van der Waals surface area contributed by atoms with Gasteiger partial charge < -0.3 is 24.2 Å². The zero-order valence-electron chi connectivity index (χ0n) is 19.1. The highest BCUT2D eigenvalue weighted by molar-refractivity contribution is 6.13. The van der Waals surface area contributed by atoms with Crippen LogP contribution in [0, 0.1) is 13.8 Å². The molecule has 0 saturated heterocycles. The number of benzene rings is 1. The van der Waals surface area contributed by atoms with Crippen LogP contribution in [0.15, 0.2) is 52.9 Å². The van der Waals surface area contributed by atoms with Crippen LogP contribution in [0.25, 0.3) is 17.0 Å². The van der Waals surface area contributed by atoms with Crippen molar-refractivity contribution in [2.75, 3.05) is 7.11 Å². The summed E-state index contributed by atoms with van der Waals surface area (Å²) in [6, 6.07) is 9.46. The minimum atomic E-state index is -0.741. The van der Waals surface area contributed by atoms with Crippen molar-refractivity contribution in [3.8, 4) is 5.75 Å². The van der Waals surface area contributed by atoms with Gasteiger partial charge in [-0.2, -0.15) is 0 Å². The molecule has 1 aromatic carbocycles. The third kappa shape index (κ3) is 4.46. The molecule has 166 valence electrons. The van der Waals surface area contributed by atoms with Crippen molar-refractivity contribution in [3.63, 3.8) is 0 Å². The number of aliphatic imine (C=N–C) groups is 1. The second-order valence-corrected chi connectivity index (χ2v) is 8.76. The Morgan fingerprint density at radius 2 is 1.91 bits per heavy atom. The summed E-state index contributed by atoms with van der Waals surface area (Å²) in [6.07, 6.45) is 3.12. The molecule has 7 heteroatoms. The van der Waals surface area contributed by atoms with Crippen molar-refractivity contribution >= 4 is 28.8 Å². The van der Waals surface area contributed by atoms with E-state index in [-0.39, 0.29) is 0 Å². The normalized spacial score (nSPS) is 15.1. The third-order valence-corrected chi connectivity index (χ3v) is 4.93. The number of fused-ring (bicyclic) bond motifs is 1. The van der Waals surface area contributed by atoms with Crippen LogP contribution >= 0.6 is 0 Å². The van der Waals surface area contributed by atoms with Gasteiger partial charge in [-0.25, -0.2) is 9.79 Å². The van der Waals surface area contributed by atoms with E-state index in [1.807, 2.05) is 37.3 Å². The van der Waals surface area contributed by atoms with Crippen molar-refractivity contribution in [2.45, 2.75) is 40.2 Å². The minimum absolute atomic E-state index is 0.419. The average Bonchev–Trinajstić information content (AvgIpc) is 3.37. The van der Waals surface area contributed by atoms with E-state index in [9.17, 15) is 4.79 Å². The lowest BCUT2D eigenvalue weighted by molar-refractivity contribution is 0.0209. The van der Waals surface area contributed by atoms with Crippen molar-refractivity contribution in [1.82, 2.24) is 9.97 Å². The van der Waals surface area contributed by atoms with E-state index in [1.165, 1.54) is 0 Å². The van der Waals surface area contributed by atoms with Crippen molar-refractivity contribution in [2.24, 2.45) is 4.99 Å². The van der Waals surface area contributed by atoms with Crippen LogP contribution in [-0.4, -0.2) is 34.5 Å². The maximum absolute atomic E-state index is 12.1. The number of methoxy groups -OCH3 is 1. The van der Waals surface area contributed by atoms with E-state index in [2.05, 4.69) is 23.0 Å². The van der Waals surface area contributed by atoms with Gasteiger partial charge in [-0.1, -0.05) is 6.07 Å². The maximum Gasteiger partial charge on any atom is 0.514 e. The zero-order chi connectivity index (χ0) is 23.0. The number of aromatic nitrogens is 2. The van der Waals surface area contributed by atoms with Crippen LogP contribution in [0.4, 0.5) is 4.79 Å². The molecule has 0 unspecified atom stereocenters. The first kappa shape index (κ1) is 21.5. The first-order valence-electron chi connectivity index (χ1n) is 10.4. The number of rotatable bonds is 4. The lowest BCUT2D eigenvalue weighted by atomic mass is 10.2. The van der Waals surface area contributed by atoms with Crippen LogP contribution in [0.1, 0.15) is 43.4 Å². The van der Waals surface area contributed by atoms with Gasteiger partial charge in [0.15, 0.2) is 0 Å². The Morgan fingerprint density at radius 1 is 1.12 bits per heavy atom. The number of hydrogen-bond acceptors (Lipinski definition) is 5. The lowest BCUT2D eigenvalue weighted by Crippen LogP contribution is -2.26. The van der Waals surface area contributed by atoms with Gasteiger partial charge in [0.1, 0.15) is 22.8 Å². The average molecular weight is 434 g/mol. The van der Waals surface area contributed by atoms with Crippen molar-refractivity contribution in [1.29, 1.82) is 0 Å². The number of carbonyl (C=O) groups is 1. The zero-order valence-corrected chi connectivity index (χ0v) is 19.1. The number of aryl methyl sites for hydroxylation is 2. The molecule has 0 radical (unpaired) electrons. The van der Waals surface area contributed by atoms with Gasteiger partial charge in [-0.3, -0.25) is 0 Å². The molecule has 3 heterocycles. The fourth-order valence-corrected chi connectivity index (χ4v) is 3.57. The van der Waals surface area contributed by atoms with Crippen LogP contribution in [0.5, 0.6) is 5.75 Å². The van der Waals surface area contributed by atoms with Gasteiger partial charge in [-0.05, 0) is 70.5 Å². The van der Waals surface area contributed by atoms with E-state index in [1.54, 1.807) is 33.9 Å². The first-order chi connectivity index (χ1) is 15.1. The molecular formula is C25H27N3O4. The SMILES string of the molecule is COC1=CC(c2cc3c(OC(=O)OC(C)(C)C)cccc3[nH]2)=NC1=Cc1[nH]c(C)cc1C. The maximum atomic E-state index is 12.1. The molecule has 0 bridgehead atoms. The fraction of sp³-hybridized carbons (Fsp3) is 0.280. The molecule has 0 aliphatic carbocycles. The standard InChI is InChI=1S/C25H27N3O4/c1-14-10-15(2)26-18(14)12-21-23(30-6)13-20(28-21)19-11-16-17(27-19)8-7-9-22(16)31-24(29)32-25(3,4)5/h7-13,26-27H,1-6H3. The summed E-state index contributed by atoms with van der Waals surface area (Å²) in [5, 5.41) is 0.761. The molecule has 1 aliphatic rings. The summed E-state index contributed by atoms with van der Waals surface area (Å²) in [5.74, 6) is 1.09. The third-order valence-electron chi connectivity index (χ3n) is 4.93. The molecule has 0 spiro atoms. The lowest BCUT2D eigenvalue weighted by Gasteiger charge is -2.18. The molecule has 2 N–H and O–H groups in total. The number of hydrogen-bond donors (Lipinski definition) is 2. The second-order valence-electron chi connectivity index (χ2n) is 8.76. The number of carbonyl (C=O) groups excluding carboxylic acids is 1. The monoisotopic (exact) mass is 433 g/mol. The van der Waals surface area contributed by atoms with Gasteiger partial charge in [-0.15, -0.1) is 0 Å². The minimum Gasteiger partial charge on any atom is -0.494 e. The molecule has 2 aromatic heterocycles. The molecule has 0 atom stereocenters. The molecule has 0 amide bonds. The first-order valence-corrected chi connectivity index (χ1v) is 10.4. The number of nitrogens with zero attached hydrogens (tertiary/aromatic N) is 1. The fourth-order valence-electron chi connectivity index (χ4n) is 3.57. The summed E-state index contributed by atoms with van der Waals surface area (Å²) >= 11 is 0. The number of aromatic amines is 2. The molecular weight excluding hydrogens is 406 g/mol. The van der Waals surface area contributed by atoms with Crippen LogP contribution < -0.4 is 4.74 Å². The van der Waals surface area contributed by atoms with E-state index in [0.717, 1.165) is 45.0 Å². The predicted octanol–water partition coefficient (Wildman–Crippen LogP) is 5.80. The van der Waals surface area contributed by atoms with Gasteiger partial charge in [0.05, 0.1) is 18.5 Å². The van der Waals surface area contributed by atoms with Crippen LogP contribution in [0.2, 0.25) is 0 Å². The Morgan fingerprint density at radius 3 is 2.56 bits per heavy atom. The predicted molar refractivity (Wildman–Crippen MR) is 125 cm³/mol. The Hall–Kier alpha value is -3.74. The topological polar surface area (TPSA) is 88.7 Å². The number of ether oxygens (including phenoxy) is 3. The van der Waals surface area contributed by atoms with E-state index in [0.29, 0.717) is 11.5 Å². The highest BCUT2D eigenvalue weighted by Gasteiger charge is 2.21. The molecule has 3 aromatic rings. The van der Waals surface area contributed by atoms with E-state index in [4.69, 9.17) is 19.2 Å². The number of nitrogens with one attached hydrogen (secondary N) is 2. The number of H-pyrrole nitrogens is 2. The molecule has 0 saturated carbocycles. The van der Waals surface area contributed by atoms with Gasteiger partial charge in [0, 0.05) is 28.4 Å². The quantitative estimate of drug-likeness (QED) is 0.402. The molecule has 32 heavy (non-hydrogen) atoms.